The second-order valence-corrected chi connectivity index (χ2v) is 15.3. The number of nitrogens with zero attached hydrogens (tertiary/aromatic N) is 1. The predicted octanol–water partition coefficient (Wildman–Crippen LogP) is 8.02. The van der Waals surface area contributed by atoms with Crippen LogP contribution >= 0.6 is 0 Å². The number of nitrogen functional groups attached to an aromatic ring is 1. The molecule has 0 bridgehead atoms. The van der Waals surface area contributed by atoms with Gasteiger partial charge in [-0.3, -0.25) is 10.2 Å². The molecule has 4 aromatic carbocycles. The first-order valence-corrected chi connectivity index (χ1v) is 19.4. The minimum atomic E-state index is -0.466. The van der Waals surface area contributed by atoms with E-state index in [9.17, 15) is 4.79 Å². The molecule has 272 valence electrons. The highest BCUT2D eigenvalue weighted by Crippen LogP contribution is 2.53. The molecule has 2 aliphatic carbocycles. The van der Waals surface area contributed by atoms with Gasteiger partial charge in [0.25, 0.3) is 0 Å². The van der Waals surface area contributed by atoms with Crippen molar-refractivity contribution < 1.29 is 14.3 Å². The van der Waals surface area contributed by atoms with E-state index in [0.29, 0.717) is 17.7 Å². The number of fused-ring (bicyclic) bond motifs is 3. The summed E-state index contributed by atoms with van der Waals surface area (Å²) in [7, 11) is 0. The Morgan fingerprint density at radius 3 is 2.19 bits per heavy atom. The molecular weight excluding hydrogens is 647 g/mol. The van der Waals surface area contributed by atoms with Crippen molar-refractivity contribution >= 4 is 34.2 Å². The second kappa shape index (κ2) is 15.9. The van der Waals surface area contributed by atoms with E-state index in [0.717, 1.165) is 91.8 Å². The summed E-state index contributed by atoms with van der Waals surface area (Å²) in [5, 5.41) is 13.9. The van der Waals surface area contributed by atoms with Crippen molar-refractivity contribution in [1.29, 1.82) is 5.41 Å². The van der Waals surface area contributed by atoms with Gasteiger partial charge in [0.2, 0.25) is 5.91 Å². The fraction of sp³-hybridized carbons (Fsp3) is 0.432. The second-order valence-electron chi connectivity index (χ2n) is 15.3. The van der Waals surface area contributed by atoms with Gasteiger partial charge in [0.15, 0.2) is 0 Å². The lowest BCUT2D eigenvalue weighted by Gasteiger charge is -2.40. The molecule has 1 spiro atoms. The summed E-state index contributed by atoms with van der Waals surface area (Å²) < 4.78 is 5.81. The summed E-state index contributed by atoms with van der Waals surface area (Å²) in [6.07, 6.45) is 13.5. The standard InChI is InChI=1S/C44H53N5O3/c45-35-18-20-36(21-19-35)48-42(50)40-44(23-11-4-2-1-3-5-12-24-44)38-22-17-32(41(46)47)27-39(38)49(40)28-34-26-33(25-31-15-9-10-16-37(31)34)43(51)52-29-30-13-7-6-8-14-30/h6-10,13-17,22,25-27,35-36,40H,1-5,11-12,18-21,23-24,28-29,45H2,(H3,46,47)(H,48,50). The van der Waals surface area contributed by atoms with Crippen molar-refractivity contribution in [3.63, 3.8) is 0 Å². The average molecular weight is 700 g/mol. The van der Waals surface area contributed by atoms with E-state index in [-0.39, 0.29) is 36.4 Å². The molecule has 52 heavy (non-hydrogen) atoms. The van der Waals surface area contributed by atoms with Crippen LogP contribution in [0, 0.1) is 5.41 Å². The van der Waals surface area contributed by atoms with Gasteiger partial charge in [0, 0.05) is 35.3 Å². The Morgan fingerprint density at radius 1 is 0.808 bits per heavy atom. The number of amidine groups is 1. The Morgan fingerprint density at radius 2 is 1.48 bits per heavy atom. The number of hydrogen-bond donors (Lipinski definition) is 4. The lowest BCUT2D eigenvalue weighted by Crippen LogP contribution is -2.56. The molecule has 4 aromatic rings. The summed E-state index contributed by atoms with van der Waals surface area (Å²) in [5.74, 6) is -0.325. The summed E-state index contributed by atoms with van der Waals surface area (Å²) in [4.78, 5) is 30.9. The van der Waals surface area contributed by atoms with Crippen LogP contribution in [0.5, 0.6) is 0 Å². The highest BCUT2D eigenvalue weighted by molar-refractivity contribution is 5.99. The first-order chi connectivity index (χ1) is 25.3. The van der Waals surface area contributed by atoms with Gasteiger partial charge in [-0.25, -0.2) is 4.79 Å². The van der Waals surface area contributed by atoms with Crippen molar-refractivity contribution in [2.45, 2.75) is 120 Å². The molecule has 8 nitrogen and oxygen atoms in total. The van der Waals surface area contributed by atoms with Crippen molar-refractivity contribution in [3.8, 4) is 0 Å². The molecule has 1 atom stereocenters. The first-order valence-electron chi connectivity index (χ1n) is 19.4. The first kappa shape index (κ1) is 35.7. The molecule has 3 aliphatic rings. The number of amides is 1. The van der Waals surface area contributed by atoms with Crippen LogP contribution in [0.15, 0.2) is 84.9 Å². The number of nitrogens with two attached hydrogens (primary N) is 2. The lowest BCUT2D eigenvalue weighted by molar-refractivity contribution is -0.125. The van der Waals surface area contributed by atoms with E-state index in [1.807, 2.05) is 72.8 Å². The minimum Gasteiger partial charge on any atom is -0.457 e. The van der Waals surface area contributed by atoms with Crippen LogP contribution in [-0.2, 0) is 28.1 Å². The third-order valence-electron chi connectivity index (χ3n) is 11.8. The summed E-state index contributed by atoms with van der Waals surface area (Å²) in [6, 6.07) is 27.6. The van der Waals surface area contributed by atoms with Crippen LogP contribution in [0.4, 0.5) is 5.69 Å². The Kier molecular flexibility index (Phi) is 10.9. The zero-order chi connectivity index (χ0) is 36.1. The maximum Gasteiger partial charge on any atom is 0.338 e. The van der Waals surface area contributed by atoms with Gasteiger partial charge in [-0.2, -0.15) is 0 Å². The molecule has 2 fully saturated rings. The van der Waals surface area contributed by atoms with Crippen molar-refractivity contribution in [3.05, 3.63) is 113 Å². The predicted molar refractivity (Wildman–Crippen MR) is 209 cm³/mol. The van der Waals surface area contributed by atoms with E-state index < -0.39 is 11.5 Å². The molecule has 8 heteroatoms. The van der Waals surface area contributed by atoms with Crippen LogP contribution < -0.4 is 21.7 Å². The average Bonchev–Trinajstić information content (AvgIpc) is 3.42. The van der Waals surface area contributed by atoms with E-state index >= 15 is 4.79 Å². The number of hydrogen-bond acceptors (Lipinski definition) is 6. The third-order valence-corrected chi connectivity index (χ3v) is 11.8. The Bertz CT molecular complexity index is 1890. The number of anilines is 1. The normalized spacial score (nSPS) is 21.7. The molecule has 6 N–H and O–H groups in total. The van der Waals surface area contributed by atoms with Crippen LogP contribution in [-0.4, -0.2) is 35.8 Å². The highest BCUT2D eigenvalue weighted by atomic mass is 16.5. The van der Waals surface area contributed by atoms with Crippen LogP contribution in [0.25, 0.3) is 10.8 Å². The fourth-order valence-corrected chi connectivity index (χ4v) is 9.12. The number of esters is 1. The molecule has 1 amide bonds. The fourth-order valence-electron chi connectivity index (χ4n) is 9.12. The molecule has 7 rings (SSSR count). The number of nitrogens with one attached hydrogen (secondary N) is 2. The zero-order valence-corrected chi connectivity index (χ0v) is 30.2. The van der Waals surface area contributed by atoms with Crippen LogP contribution in [0.3, 0.4) is 0 Å². The van der Waals surface area contributed by atoms with Crippen LogP contribution in [0.1, 0.15) is 116 Å². The van der Waals surface area contributed by atoms with Crippen molar-refractivity contribution in [1.82, 2.24) is 5.32 Å². The van der Waals surface area contributed by atoms with Crippen molar-refractivity contribution in [2.24, 2.45) is 11.5 Å². The van der Waals surface area contributed by atoms with Gasteiger partial charge in [0.1, 0.15) is 18.5 Å². The Labute approximate surface area is 307 Å². The maximum atomic E-state index is 15.0. The Hall–Kier alpha value is -4.69. The quantitative estimate of drug-likeness (QED) is 0.0836. The molecule has 0 saturated heterocycles. The smallest absolute Gasteiger partial charge is 0.338 e. The molecule has 0 aromatic heterocycles. The minimum absolute atomic E-state index is 0.00260. The zero-order valence-electron chi connectivity index (χ0n) is 30.2. The van der Waals surface area contributed by atoms with Gasteiger partial charge < -0.3 is 26.4 Å². The summed E-state index contributed by atoms with van der Waals surface area (Å²) >= 11 is 0. The summed E-state index contributed by atoms with van der Waals surface area (Å²) in [5.41, 5.74) is 17.1. The monoisotopic (exact) mass is 699 g/mol. The van der Waals surface area contributed by atoms with Gasteiger partial charge in [-0.1, -0.05) is 112 Å². The Balaban J connectivity index is 1.32. The van der Waals surface area contributed by atoms with Gasteiger partial charge in [0.05, 0.1) is 5.56 Å². The van der Waals surface area contributed by atoms with E-state index in [1.165, 1.54) is 24.8 Å². The van der Waals surface area contributed by atoms with E-state index in [4.69, 9.17) is 21.6 Å². The molecule has 1 heterocycles. The molecule has 0 radical (unpaired) electrons. The molecule has 1 unspecified atom stereocenters. The van der Waals surface area contributed by atoms with Crippen molar-refractivity contribution in [2.75, 3.05) is 4.90 Å². The number of rotatable bonds is 8. The van der Waals surface area contributed by atoms with Gasteiger partial charge in [-0.05, 0) is 84.2 Å². The number of carbonyl (C=O) groups excluding carboxylic acids is 2. The molecule has 2 saturated carbocycles. The number of ether oxygens (including phenoxy) is 1. The highest BCUT2D eigenvalue weighted by Gasteiger charge is 2.54. The number of carbonyl (C=O) groups is 2. The molecular formula is C44H53N5O3. The summed E-state index contributed by atoms with van der Waals surface area (Å²) in [6.45, 7) is 0.593. The SMILES string of the molecule is N=C(N)c1ccc2c(c1)N(Cc1cc(C(=O)OCc3ccccc3)cc3ccccc13)C(C(=O)NC1CCC(N)CC1)C21CCCCCCCCC1. The van der Waals surface area contributed by atoms with Gasteiger partial charge in [-0.15, -0.1) is 0 Å². The van der Waals surface area contributed by atoms with E-state index in [2.05, 4.69) is 22.3 Å². The maximum absolute atomic E-state index is 15.0. The number of benzene rings is 4. The van der Waals surface area contributed by atoms with Gasteiger partial charge >= 0.3 is 5.97 Å². The van der Waals surface area contributed by atoms with Crippen LogP contribution in [0.2, 0.25) is 0 Å². The third kappa shape index (κ3) is 7.58. The molecule has 1 aliphatic heterocycles. The topological polar surface area (TPSA) is 135 Å². The largest absolute Gasteiger partial charge is 0.457 e. The lowest BCUT2D eigenvalue weighted by atomic mass is 9.68. The van der Waals surface area contributed by atoms with E-state index in [1.54, 1.807) is 0 Å².